The Hall–Kier alpha value is -2.51. The summed E-state index contributed by atoms with van der Waals surface area (Å²) in [5.41, 5.74) is 2.26. The number of ether oxygens (including phenoxy) is 1. The molecule has 22 heavy (non-hydrogen) atoms. The quantitative estimate of drug-likeness (QED) is 0.930. The van der Waals surface area contributed by atoms with Crippen LogP contribution in [-0.2, 0) is 4.79 Å². The van der Waals surface area contributed by atoms with Gasteiger partial charge in [-0.05, 0) is 44.2 Å². The van der Waals surface area contributed by atoms with Gasteiger partial charge in [0.2, 0.25) is 0 Å². The minimum Gasteiger partial charge on any atom is -0.479 e. The SMILES string of the molecule is Cc1ccc(NC(=O)[C@@H](C)Oc2ccc(C#N)cc2Cl)cc1. The first-order valence-corrected chi connectivity index (χ1v) is 7.11. The Bertz CT molecular complexity index is 720. The second-order valence-corrected chi connectivity index (χ2v) is 5.28. The molecule has 2 aromatic carbocycles. The number of amides is 1. The maximum atomic E-state index is 12.1. The number of aryl methyl sites for hydroxylation is 1. The fourth-order valence-electron chi connectivity index (χ4n) is 1.79. The summed E-state index contributed by atoms with van der Waals surface area (Å²) < 4.78 is 5.55. The molecule has 0 fully saturated rings. The Morgan fingerprint density at radius 3 is 2.55 bits per heavy atom. The number of benzene rings is 2. The summed E-state index contributed by atoms with van der Waals surface area (Å²) in [6.07, 6.45) is -0.716. The average molecular weight is 315 g/mol. The van der Waals surface area contributed by atoms with E-state index in [2.05, 4.69) is 5.32 Å². The number of nitrogens with zero attached hydrogens (tertiary/aromatic N) is 1. The molecule has 1 atom stereocenters. The van der Waals surface area contributed by atoms with Gasteiger partial charge in [-0.25, -0.2) is 0 Å². The van der Waals surface area contributed by atoms with E-state index >= 15 is 0 Å². The van der Waals surface area contributed by atoms with E-state index in [1.807, 2.05) is 37.3 Å². The van der Waals surface area contributed by atoms with Crippen LogP contribution >= 0.6 is 11.6 Å². The molecular formula is C17H15ClN2O2. The highest BCUT2D eigenvalue weighted by Gasteiger charge is 2.16. The molecule has 0 aromatic heterocycles. The number of rotatable bonds is 4. The fraction of sp³-hybridized carbons (Fsp3) is 0.176. The van der Waals surface area contributed by atoms with Crippen molar-refractivity contribution in [1.29, 1.82) is 5.26 Å². The molecule has 0 spiro atoms. The van der Waals surface area contributed by atoms with E-state index in [0.717, 1.165) is 5.56 Å². The molecule has 4 nitrogen and oxygen atoms in total. The first kappa shape index (κ1) is 15.9. The Balaban J connectivity index is 2.02. The Morgan fingerprint density at radius 2 is 1.95 bits per heavy atom. The van der Waals surface area contributed by atoms with Crippen molar-refractivity contribution in [3.8, 4) is 11.8 Å². The van der Waals surface area contributed by atoms with E-state index in [1.165, 1.54) is 6.07 Å². The largest absolute Gasteiger partial charge is 0.479 e. The summed E-state index contributed by atoms with van der Waals surface area (Å²) >= 11 is 6.03. The second kappa shape index (κ2) is 6.97. The van der Waals surface area contributed by atoms with Crippen LogP contribution in [0.15, 0.2) is 42.5 Å². The van der Waals surface area contributed by atoms with Gasteiger partial charge >= 0.3 is 0 Å². The third-order valence-corrected chi connectivity index (χ3v) is 3.35. The van der Waals surface area contributed by atoms with Crippen LogP contribution in [0.25, 0.3) is 0 Å². The van der Waals surface area contributed by atoms with Crippen molar-refractivity contribution >= 4 is 23.2 Å². The molecule has 0 unspecified atom stereocenters. The van der Waals surface area contributed by atoms with Crippen LogP contribution in [0.4, 0.5) is 5.69 Å². The van der Waals surface area contributed by atoms with Gasteiger partial charge in [0.15, 0.2) is 6.10 Å². The zero-order valence-corrected chi connectivity index (χ0v) is 13.0. The van der Waals surface area contributed by atoms with Crippen LogP contribution in [0, 0.1) is 18.3 Å². The van der Waals surface area contributed by atoms with Gasteiger partial charge in [-0.2, -0.15) is 5.26 Å². The molecule has 112 valence electrons. The molecule has 0 saturated heterocycles. The van der Waals surface area contributed by atoms with Gasteiger partial charge in [0.1, 0.15) is 5.75 Å². The Labute approximate surface area is 134 Å². The van der Waals surface area contributed by atoms with Crippen molar-refractivity contribution in [2.45, 2.75) is 20.0 Å². The van der Waals surface area contributed by atoms with Crippen molar-refractivity contribution in [3.05, 3.63) is 58.6 Å². The number of carbonyl (C=O) groups excluding carboxylic acids is 1. The minimum absolute atomic E-state index is 0.274. The van der Waals surface area contributed by atoms with Gasteiger partial charge in [0.25, 0.3) is 5.91 Å². The average Bonchev–Trinajstić information content (AvgIpc) is 2.51. The standard InChI is InChI=1S/C17H15ClN2O2/c1-11-3-6-14(7-4-11)20-17(21)12(2)22-16-8-5-13(10-19)9-15(16)18/h3-9,12H,1-2H3,(H,20,21)/t12-/m1/s1. The summed E-state index contributed by atoms with van der Waals surface area (Å²) in [7, 11) is 0. The fourth-order valence-corrected chi connectivity index (χ4v) is 2.02. The van der Waals surface area contributed by atoms with Gasteiger partial charge in [-0.1, -0.05) is 29.3 Å². The van der Waals surface area contributed by atoms with Gasteiger partial charge in [0, 0.05) is 5.69 Å². The zero-order valence-electron chi connectivity index (χ0n) is 12.3. The number of hydrogen-bond donors (Lipinski definition) is 1. The highest BCUT2D eigenvalue weighted by atomic mass is 35.5. The topological polar surface area (TPSA) is 62.1 Å². The predicted octanol–water partition coefficient (Wildman–Crippen LogP) is 3.93. The lowest BCUT2D eigenvalue weighted by Crippen LogP contribution is -2.30. The molecule has 0 aliphatic rings. The van der Waals surface area contributed by atoms with Crippen molar-refractivity contribution in [3.63, 3.8) is 0 Å². The van der Waals surface area contributed by atoms with Crippen LogP contribution < -0.4 is 10.1 Å². The number of nitriles is 1. The van der Waals surface area contributed by atoms with E-state index in [0.29, 0.717) is 22.0 Å². The molecule has 0 saturated carbocycles. The summed E-state index contributed by atoms with van der Waals surface area (Å²) in [4.78, 5) is 12.1. The second-order valence-electron chi connectivity index (χ2n) is 4.87. The molecule has 0 radical (unpaired) electrons. The van der Waals surface area contributed by atoms with Crippen molar-refractivity contribution in [2.75, 3.05) is 5.32 Å². The summed E-state index contributed by atoms with van der Waals surface area (Å²) in [6, 6.07) is 14.1. The first-order valence-electron chi connectivity index (χ1n) is 6.73. The normalized spacial score (nSPS) is 11.4. The number of carbonyl (C=O) groups is 1. The van der Waals surface area contributed by atoms with E-state index in [9.17, 15) is 4.79 Å². The highest BCUT2D eigenvalue weighted by Crippen LogP contribution is 2.26. The van der Waals surface area contributed by atoms with E-state index in [4.69, 9.17) is 21.6 Å². The molecule has 1 amide bonds. The molecule has 0 aliphatic carbocycles. The lowest BCUT2D eigenvalue weighted by molar-refractivity contribution is -0.122. The molecule has 0 heterocycles. The molecule has 5 heteroatoms. The van der Waals surface area contributed by atoms with Crippen molar-refractivity contribution < 1.29 is 9.53 Å². The molecule has 0 aliphatic heterocycles. The van der Waals surface area contributed by atoms with Crippen molar-refractivity contribution in [1.82, 2.24) is 0 Å². The van der Waals surface area contributed by atoms with Gasteiger partial charge < -0.3 is 10.1 Å². The van der Waals surface area contributed by atoms with Crippen LogP contribution in [0.3, 0.4) is 0 Å². The lowest BCUT2D eigenvalue weighted by atomic mass is 10.2. The maximum Gasteiger partial charge on any atom is 0.265 e. The Kier molecular flexibility index (Phi) is 5.03. The maximum absolute atomic E-state index is 12.1. The van der Waals surface area contributed by atoms with Gasteiger partial charge in [0.05, 0.1) is 16.7 Å². The Morgan fingerprint density at radius 1 is 1.27 bits per heavy atom. The first-order chi connectivity index (χ1) is 10.5. The number of hydrogen-bond acceptors (Lipinski definition) is 3. The van der Waals surface area contributed by atoms with Gasteiger partial charge in [-0.15, -0.1) is 0 Å². The summed E-state index contributed by atoms with van der Waals surface area (Å²) in [6.45, 7) is 3.61. The molecule has 2 aromatic rings. The zero-order chi connectivity index (χ0) is 16.1. The third kappa shape index (κ3) is 4.00. The number of anilines is 1. The molecule has 0 bridgehead atoms. The number of nitrogens with one attached hydrogen (secondary N) is 1. The highest BCUT2D eigenvalue weighted by molar-refractivity contribution is 6.32. The molecule has 2 rings (SSSR count). The van der Waals surface area contributed by atoms with Gasteiger partial charge in [-0.3, -0.25) is 4.79 Å². The van der Waals surface area contributed by atoms with E-state index in [-0.39, 0.29) is 5.91 Å². The van der Waals surface area contributed by atoms with Crippen LogP contribution in [0.5, 0.6) is 5.75 Å². The van der Waals surface area contributed by atoms with Crippen LogP contribution in [-0.4, -0.2) is 12.0 Å². The smallest absolute Gasteiger partial charge is 0.265 e. The predicted molar refractivity (Wildman–Crippen MR) is 86.1 cm³/mol. The molecular weight excluding hydrogens is 300 g/mol. The lowest BCUT2D eigenvalue weighted by Gasteiger charge is -2.15. The van der Waals surface area contributed by atoms with Crippen LogP contribution in [0.2, 0.25) is 5.02 Å². The summed E-state index contributed by atoms with van der Waals surface area (Å²) in [5, 5.41) is 11.9. The van der Waals surface area contributed by atoms with E-state index in [1.54, 1.807) is 19.1 Å². The summed E-state index contributed by atoms with van der Waals surface area (Å²) in [5.74, 6) is 0.0940. The molecule has 1 N–H and O–H groups in total. The van der Waals surface area contributed by atoms with Crippen LogP contribution in [0.1, 0.15) is 18.1 Å². The minimum atomic E-state index is -0.716. The van der Waals surface area contributed by atoms with E-state index < -0.39 is 6.10 Å². The monoisotopic (exact) mass is 314 g/mol. The van der Waals surface area contributed by atoms with Crippen molar-refractivity contribution in [2.24, 2.45) is 0 Å². The number of halogens is 1. The third-order valence-electron chi connectivity index (χ3n) is 3.05.